The van der Waals surface area contributed by atoms with Crippen LogP contribution in [0.5, 0.6) is 0 Å². The van der Waals surface area contributed by atoms with E-state index < -0.39 is 0 Å². The van der Waals surface area contributed by atoms with E-state index in [9.17, 15) is 10.1 Å². The van der Waals surface area contributed by atoms with Crippen molar-refractivity contribution >= 4 is 21.6 Å². The zero-order chi connectivity index (χ0) is 19.0. The number of nitrogens with zero attached hydrogens (tertiary/aromatic N) is 5. The molecule has 0 N–H and O–H groups in total. The second-order valence-corrected chi connectivity index (χ2v) is 8.05. The van der Waals surface area contributed by atoms with Crippen LogP contribution in [-0.2, 0) is 6.67 Å². The molecule has 1 aliphatic rings. The van der Waals surface area contributed by atoms with E-state index in [0.717, 1.165) is 42.0 Å². The van der Waals surface area contributed by atoms with Crippen molar-refractivity contribution in [3.8, 4) is 6.07 Å². The van der Waals surface area contributed by atoms with E-state index in [1.807, 2.05) is 31.2 Å². The Balaban J connectivity index is 1.69. The van der Waals surface area contributed by atoms with Crippen LogP contribution in [0.3, 0.4) is 0 Å². The van der Waals surface area contributed by atoms with Crippen molar-refractivity contribution in [3.63, 3.8) is 0 Å². The average Bonchev–Trinajstić information content (AvgIpc) is 3.11. The van der Waals surface area contributed by atoms with Crippen molar-refractivity contribution in [2.24, 2.45) is 0 Å². The maximum absolute atomic E-state index is 12.7. The molecule has 0 spiro atoms. The molecule has 1 saturated heterocycles. The van der Waals surface area contributed by atoms with Crippen molar-refractivity contribution < 1.29 is 0 Å². The third kappa shape index (κ3) is 3.27. The number of likely N-dealkylation sites (tertiary alicyclic amines) is 1. The normalized spacial score (nSPS) is 17.9. The molecule has 3 heterocycles. The number of hydrogen-bond donors (Lipinski definition) is 0. The van der Waals surface area contributed by atoms with E-state index in [1.54, 1.807) is 18.3 Å². The monoisotopic (exact) mass is 379 g/mol. The topological polar surface area (TPSA) is 74.8 Å². The lowest BCUT2D eigenvalue weighted by Crippen LogP contribution is -2.40. The Bertz CT molecular complexity index is 1060. The Kier molecular flexibility index (Phi) is 4.77. The number of benzene rings is 1. The first-order chi connectivity index (χ1) is 13.1. The molecule has 27 heavy (non-hydrogen) atoms. The Labute approximate surface area is 161 Å². The van der Waals surface area contributed by atoms with Crippen LogP contribution in [0.15, 0.2) is 29.1 Å². The number of piperidine rings is 1. The summed E-state index contributed by atoms with van der Waals surface area (Å²) >= 11 is 1.72. The highest BCUT2D eigenvalue weighted by Gasteiger charge is 2.28. The molecule has 1 fully saturated rings. The highest BCUT2D eigenvalue weighted by molar-refractivity contribution is 7.18. The molecule has 7 heteroatoms. The minimum atomic E-state index is -0.311. The van der Waals surface area contributed by atoms with E-state index in [-0.39, 0.29) is 17.2 Å². The van der Waals surface area contributed by atoms with Gasteiger partial charge in [0.2, 0.25) is 0 Å². The van der Waals surface area contributed by atoms with E-state index in [1.165, 1.54) is 9.38 Å². The Morgan fingerprint density at radius 1 is 1.30 bits per heavy atom. The first kappa shape index (κ1) is 17.8. The Morgan fingerprint density at radius 3 is 2.89 bits per heavy atom. The van der Waals surface area contributed by atoms with Crippen LogP contribution in [0.4, 0.5) is 0 Å². The zero-order valence-corrected chi connectivity index (χ0v) is 16.3. The lowest BCUT2D eigenvalue weighted by atomic mass is 10.0. The highest BCUT2D eigenvalue weighted by Crippen LogP contribution is 2.35. The van der Waals surface area contributed by atoms with Crippen molar-refractivity contribution in [1.29, 1.82) is 5.26 Å². The fourth-order valence-corrected chi connectivity index (χ4v) is 4.78. The van der Waals surface area contributed by atoms with E-state index >= 15 is 0 Å². The summed E-state index contributed by atoms with van der Waals surface area (Å²) in [5.74, 6) is 0. The number of hydrogen-bond acceptors (Lipinski definition) is 6. The Hall–Kier alpha value is -2.56. The number of rotatable bonds is 3. The number of aryl methyl sites for hydroxylation is 1. The third-order valence-electron chi connectivity index (χ3n) is 5.27. The summed E-state index contributed by atoms with van der Waals surface area (Å²) in [6, 6.07) is 10.4. The molecule has 138 valence electrons. The minimum absolute atomic E-state index is 0.178. The van der Waals surface area contributed by atoms with Gasteiger partial charge in [-0.25, -0.2) is 9.67 Å². The van der Waals surface area contributed by atoms with Crippen LogP contribution in [0.2, 0.25) is 0 Å². The lowest BCUT2D eigenvalue weighted by Gasteiger charge is -2.34. The number of para-hydroxylation sites is 1. The predicted octanol–water partition coefficient (Wildman–Crippen LogP) is 3.53. The van der Waals surface area contributed by atoms with Crippen LogP contribution in [0.25, 0.3) is 10.2 Å². The summed E-state index contributed by atoms with van der Waals surface area (Å²) in [6.45, 7) is 4.89. The molecular weight excluding hydrogens is 358 g/mol. The van der Waals surface area contributed by atoms with Crippen LogP contribution in [0, 0.1) is 25.2 Å². The maximum atomic E-state index is 12.7. The molecule has 1 aliphatic heterocycles. The molecule has 2 aromatic heterocycles. The van der Waals surface area contributed by atoms with Gasteiger partial charge in [-0.05, 0) is 44.4 Å². The summed E-state index contributed by atoms with van der Waals surface area (Å²) in [6.07, 6.45) is 3.26. The van der Waals surface area contributed by atoms with Crippen LogP contribution in [0.1, 0.15) is 47.1 Å². The first-order valence-corrected chi connectivity index (χ1v) is 9.98. The molecule has 0 bridgehead atoms. The largest absolute Gasteiger partial charge is 0.286 e. The second-order valence-electron chi connectivity index (χ2n) is 6.99. The van der Waals surface area contributed by atoms with Gasteiger partial charge in [0.15, 0.2) is 0 Å². The highest BCUT2D eigenvalue weighted by atomic mass is 32.1. The van der Waals surface area contributed by atoms with Gasteiger partial charge in [-0.1, -0.05) is 18.6 Å². The molecule has 4 rings (SSSR count). The number of fused-ring (bicyclic) bond motifs is 1. The van der Waals surface area contributed by atoms with Crippen LogP contribution < -0.4 is 5.56 Å². The fraction of sp³-hybridized carbons (Fsp3) is 0.400. The van der Waals surface area contributed by atoms with E-state index in [2.05, 4.69) is 16.1 Å². The van der Waals surface area contributed by atoms with Crippen LogP contribution in [-0.4, -0.2) is 26.2 Å². The van der Waals surface area contributed by atoms with Crippen molar-refractivity contribution in [2.45, 2.75) is 45.8 Å². The number of thiazole rings is 1. The molecule has 0 saturated carbocycles. The molecule has 3 aromatic rings. The molecule has 0 amide bonds. The summed E-state index contributed by atoms with van der Waals surface area (Å²) < 4.78 is 2.62. The van der Waals surface area contributed by atoms with E-state index in [0.29, 0.717) is 12.2 Å². The fourth-order valence-electron chi connectivity index (χ4n) is 3.64. The van der Waals surface area contributed by atoms with Crippen molar-refractivity contribution in [2.75, 3.05) is 6.54 Å². The SMILES string of the molecule is Cc1nn(CN2CCCC[C@@H]2c2nc3ccccc3s2)c(=O)c(C#N)c1C. The summed E-state index contributed by atoms with van der Waals surface area (Å²) in [4.78, 5) is 19.8. The van der Waals surface area contributed by atoms with Gasteiger partial charge in [-0.2, -0.15) is 10.4 Å². The van der Waals surface area contributed by atoms with Crippen LogP contribution >= 0.6 is 11.3 Å². The van der Waals surface area contributed by atoms with Gasteiger partial charge in [-0.3, -0.25) is 9.69 Å². The van der Waals surface area contributed by atoms with Gasteiger partial charge < -0.3 is 0 Å². The van der Waals surface area contributed by atoms with Gasteiger partial charge in [0.1, 0.15) is 16.6 Å². The lowest BCUT2D eigenvalue weighted by molar-refractivity contribution is 0.101. The molecular formula is C20H21N5OS. The molecule has 0 unspecified atom stereocenters. The smallest absolute Gasteiger partial charge is 0.275 e. The van der Waals surface area contributed by atoms with Gasteiger partial charge in [0.25, 0.3) is 5.56 Å². The molecule has 6 nitrogen and oxygen atoms in total. The van der Waals surface area contributed by atoms with Crippen molar-refractivity contribution in [3.05, 3.63) is 56.4 Å². The summed E-state index contributed by atoms with van der Waals surface area (Å²) in [7, 11) is 0. The second kappa shape index (κ2) is 7.22. The van der Waals surface area contributed by atoms with Gasteiger partial charge >= 0.3 is 0 Å². The molecule has 1 atom stereocenters. The van der Waals surface area contributed by atoms with E-state index in [4.69, 9.17) is 4.98 Å². The standard InChI is InChI=1S/C20H21N5OS/c1-13-14(2)23-25(20(26)15(13)11-21)12-24-10-6-5-8-17(24)19-22-16-7-3-4-9-18(16)27-19/h3-4,7,9,17H,5-6,8,10,12H2,1-2H3/t17-/m1/s1. The summed E-state index contributed by atoms with van der Waals surface area (Å²) in [5.41, 5.74) is 2.29. The van der Waals surface area contributed by atoms with Gasteiger partial charge in [0, 0.05) is 6.54 Å². The minimum Gasteiger partial charge on any atom is -0.275 e. The maximum Gasteiger partial charge on any atom is 0.286 e. The van der Waals surface area contributed by atoms with Crippen molar-refractivity contribution in [1.82, 2.24) is 19.7 Å². The number of aromatic nitrogens is 3. The Morgan fingerprint density at radius 2 is 2.11 bits per heavy atom. The quantitative estimate of drug-likeness (QED) is 0.696. The number of nitriles is 1. The zero-order valence-electron chi connectivity index (χ0n) is 15.5. The van der Waals surface area contributed by atoms with Gasteiger partial charge in [0.05, 0.1) is 28.6 Å². The predicted molar refractivity (Wildman–Crippen MR) is 106 cm³/mol. The molecule has 0 aliphatic carbocycles. The van der Waals surface area contributed by atoms with Gasteiger partial charge in [-0.15, -0.1) is 11.3 Å². The first-order valence-electron chi connectivity index (χ1n) is 9.16. The molecule has 0 radical (unpaired) electrons. The third-order valence-corrected chi connectivity index (χ3v) is 6.41. The summed E-state index contributed by atoms with van der Waals surface area (Å²) in [5, 5.41) is 14.9. The molecule has 1 aromatic carbocycles. The average molecular weight is 379 g/mol.